The number of para-hydroxylation sites is 1. The Bertz CT molecular complexity index is 1800. The smallest absolute Gasteiger partial charge is 0.266 e. The second kappa shape index (κ2) is 9.39. The van der Waals surface area contributed by atoms with Crippen molar-refractivity contribution in [2.45, 2.75) is 13.0 Å². The molecule has 0 aliphatic carbocycles. The van der Waals surface area contributed by atoms with Crippen molar-refractivity contribution in [2.75, 3.05) is 11.1 Å². The van der Waals surface area contributed by atoms with E-state index in [4.69, 9.17) is 10.7 Å². The molecule has 1 atom stereocenters. The van der Waals surface area contributed by atoms with E-state index in [0.29, 0.717) is 28.0 Å². The summed E-state index contributed by atoms with van der Waals surface area (Å²) in [5.41, 5.74) is 8.05. The van der Waals surface area contributed by atoms with Crippen molar-refractivity contribution >= 4 is 22.7 Å². The predicted octanol–water partition coefficient (Wildman–Crippen LogP) is 3.17. The summed E-state index contributed by atoms with van der Waals surface area (Å²) in [6, 6.07) is 19.3. The molecule has 0 aliphatic rings. The molecule has 0 amide bonds. The quantitative estimate of drug-likeness (QED) is 0.382. The Morgan fingerprint density at radius 2 is 1.81 bits per heavy atom. The fourth-order valence-electron chi connectivity index (χ4n) is 4.22. The number of aryl methyl sites for hydroxylation is 1. The molecule has 37 heavy (non-hydrogen) atoms. The predicted molar refractivity (Wildman–Crippen MR) is 141 cm³/mol. The van der Waals surface area contributed by atoms with Gasteiger partial charge in [-0.1, -0.05) is 30.3 Å². The summed E-state index contributed by atoms with van der Waals surface area (Å²) < 4.78 is 3.01. The Morgan fingerprint density at radius 3 is 2.54 bits per heavy atom. The molecule has 10 nitrogen and oxygen atoms in total. The number of hydrogen-bond donors (Lipinski definition) is 2. The molecule has 0 saturated heterocycles. The Labute approximate surface area is 211 Å². The standard InChI is InChI=1S/C27H22N8O2/c1-16(31-24-18(13-28)14-30-27(29)33-24)25-32-21-10-6-9-20(17-11-12-22(36)34(2)15-17)23(21)26(37)35(25)19-7-4-3-5-8-19/h3-12,14-16H,1-2H3,(H3,29,30,31,33). The number of rotatable bonds is 5. The van der Waals surface area contributed by atoms with Crippen molar-refractivity contribution in [3.63, 3.8) is 0 Å². The average molecular weight is 491 g/mol. The van der Waals surface area contributed by atoms with Crippen LogP contribution in [0.4, 0.5) is 11.8 Å². The number of pyridine rings is 1. The fraction of sp³-hybridized carbons (Fsp3) is 0.111. The number of benzene rings is 2. The minimum Gasteiger partial charge on any atom is -0.368 e. The van der Waals surface area contributed by atoms with Gasteiger partial charge in [-0.3, -0.25) is 14.2 Å². The summed E-state index contributed by atoms with van der Waals surface area (Å²) >= 11 is 0. The van der Waals surface area contributed by atoms with Crippen LogP contribution in [0.3, 0.4) is 0 Å². The van der Waals surface area contributed by atoms with Gasteiger partial charge in [-0.2, -0.15) is 10.2 Å². The molecule has 0 bridgehead atoms. The minimum atomic E-state index is -0.542. The summed E-state index contributed by atoms with van der Waals surface area (Å²) in [5.74, 6) is 0.681. The molecule has 0 radical (unpaired) electrons. The zero-order chi connectivity index (χ0) is 26.1. The molecule has 3 heterocycles. The number of aromatic nitrogens is 5. The van der Waals surface area contributed by atoms with E-state index in [1.54, 1.807) is 29.9 Å². The second-order valence-corrected chi connectivity index (χ2v) is 8.48. The van der Waals surface area contributed by atoms with Crippen LogP contribution < -0.4 is 22.2 Å². The van der Waals surface area contributed by atoms with Gasteiger partial charge in [0.25, 0.3) is 5.56 Å². The molecule has 10 heteroatoms. The lowest BCUT2D eigenvalue weighted by Gasteiger charge is -2.21. The first-order chi connectivity index (χ1) is 17.9. The lowest BCUT2D eigenvalue weighted by atomic mass is 10.0. The summed E-state index contributed by atoms with van der Waals surface area (Å²) in [6.45, 7) is 1.82. The first kappa shape index (κ1) is 23.4. The molecule has 3 aromatic heterocycles. The van der Waals surface area contributed by atoms with Crippen LogP contribution in [0.15, 0.2) is 82.6 Å². The number of anilines is 2. The van der Waals surface area contributed by atoms with Crippen LogP contribution in [0.5, 0.6) is 0 Å². The highest BCUT2D eigenvalue weighted by atomic mass is 16.1. The maximum atomic E-state index is 14.2. The lowest BCUT2D eigenvalue weighted by molar-refractivity contribution is 0.730. The molecule has 0 spiro atoms. The van der Waals surface area contributed by atoms with Crippen LogP contribution in [-0.4, -0.2) is 24.1 Å². The molecular weight excluding hydrogens is 468 g/mol. The monoisotopic (exact) mass is 490 g/mol. The average Bonchev–Trinajstić information content (AvgIpc) is 2.90. The van der Waals surface area contributed by atoms with Gasteiger partial charge in [0.2, 0.25) is 11.5 Å². The van der Waals surface area contributed by atoms with E-state index in [-0.39, 0.29) is 28.4 Å². The van der Waals surface area contributed by atoms with Gasteiger partial charge in [-0.15, -0.1) is 0 Å². The van der Waals surface area contributed by atoms with Gasteiger partial charge in [0.1, 0.15) is 23.3 Å². The number of nitrogens with one attached hydrogen (secondary N) is 1. The topological polar surface area (TPSA) is 145 Å². The van der Waals surface area contributed by atoms with E-state index in [0.717, 1.165) is 5.56 Å². The zero-order valence-corrected chi connectivity index (χ0v) is 20.1. The zero-order valence-electron chi connectivity index (χ0n) is 20.1. The first-order valence-corrected chi connectivity index (χ1v) is 11.4. The second-order valence-electron chi connectivity index (χ2n) is 8.48. The van der Waals surface area contributed by atoms with Gasteiger partial charge in [0, 0.05) is 19.3 Å². The molecule has 3 N–H and O–H groups in total. The Morgan fingerprint density at radius 1 is 1.03 bits per heavy atom. The Hall–Kier alpha value is -5.30. The fourth-order valence-corrected chi connectivity index (χ4v) is 4.22. The molecule has 5 rings (SSSR count). The van der Waals surface area contributed by atoms with Crippen molar-refractivity contribution in [3.05, 3.63) is 105 Å². The van der Waals surface area contributed by atoms with E-state index in [1.165, 1.54) is 16.8 Å². The van der Waals surface area contributed by atoms with E-state index in [9.17, 15) is 14.9 Å². The van der Waals surface area contributed by atoms with Crippen molar-refractivity contribution in [2.24, 2.45) is 7.05 Å². The highest BCUT2D eigenvalue weighted by Crippen LogP contribution is 2.28. The van der Waals surface area contributed by atoms with Crippen molar-refractivity contribution < 1.29 is 0 Å². The number of nitriles is 1. The molecule has 182 valence electrons. The summed E-state index contributed by atoms with van der Waals surface area (Å²) in [4.78, 5) is 39.0. The summed E-state index contributed by atoms with van der Waals surface area (Å²) in [5, 5.41) is 13.1. The molecular formula is C27H22N8O2. The number of nitrogens with zero attached hydrogens (tertiary/aromatic N) is 6. The highest BCUT2D eigenvalue weighted by Gasteiger charge is 2.21. The normalized spacial score (nSPS) is 11.7. The van der Waals surface area contributed by atoms with Gasteiger partial charge >= 0.3 is 0 Å². The number of hydrogen-bond acceptors (Lipinski definition) is 8. The van der Waals surface area contributed by atoms with Crippen LogP contribution in [0.1, 0.15) is 24.4 Å². The number of nitrogen functional groups attached to an aromatic ring is 1. The van der Waals surface area contributed by atoms with E-state index in [2.05, 4.69) is 15.3 Å². The summed E-state index contributed by atoms with van der Waals surface area (Å²) in [6.07, 6.45) is 3.04. The van der Waals surface area contributed by atoms with Crippen LogP contribution in [0.25, 0.3) is 27.7 Å². The lowest BCUT2D eigenvalue weighted by Crippen LogP contribution is -2.28. The molecule has 0 saturated carbocycles. The van der Waals surface area contributed by atoms with E-state index >= 15 is 0 Å². The Kier molecular flexibility index (Phi) is 5.95. The SMILES string of the molecule is CC(Nc1nc(N)ncc1C#N)c1nc2cccc(-c3ccc(=O)n(C)c3)c2c(=O)n1-c1ccccc1. The Balaban J connectivity index is 1.76. The first-order valence-electron chi connectivity index (χ1n) is 11.4. The third-order valence-electron chi connectivity index (χ3n) is 6.00. The molecule has 2 aromatic carbocycles. The van der Waals surface area contributed by atoms with Gasteiger partial charge in [-0.05, 0) is 42.3 Å². The minimum absolute atomic E-state index is 0.0162. The van der Waals surface area contributed by atoms with Gasteiger partial charge in [-0.25, -0.2) is 9.97 Å². The third-order valence-corrected chi connectivity index (χ3v) is 6.00. The van der Waals surface area contributed by atoms with Gasteiger partial charge in [0.15, 0.2) is 0 Å². The maximum Gasteiger partial charge on any atom is 0.266 e. The van der Waals surface area contributed by atoms with Crippen LogP contribution in [0.2, 0.25) is 0 Å². The number of nitrogens with two attached hydrogens (primary N) is 1. The van der Waals surface area contributed by atoms with Crippen molar-refractivity contribution in [1.82, 2.24) is 24.1 Å². The van der Waals surface area contributed by atoms with Crippen LogP contribution >= 0.6 is 0 Å². The van der Waals surface area contributed by atoms with Gasteiger partial charge < -0.3 is 15.6 Å². The van der Waals surface area contributed by atoms with Crippen LogP contribution in [-0.2, 0) is 7.05 Å². The van der Waals surface area contributed by atoms with Crippen molar-refractivity contribution in [1.29, 1.82) is 5.26 Å². The molecule has 0 fully saturated rings. The van der Waals surface area contributed by atoms with E-state index < -0.39 is 6.04 Å². The van der Waals surface area contributed by atoms with Crippen LogP contribution in [0, 0.1) is 11.3 Å². The maximum absolute atomic E-state index is 14.2. The van der Waals surface area contributed by atoms with E-state index in [1.807, 2.05) is 55.5 Å². The number of fused-ring (bicyclic) bond motifs is 1. The largest absolute Gasteiger partial charge is 0.368 e. The summed E-state index contributed by atoms with van der Waals surface area (Å²) in [7, 11) is 1.66. The molecule has 5 aromatic rings. The van der Waals surface area contributed by atoms with Gasteiger partial charge in [0.05, 0.1) is 28.8 Å². The third kappa shape index (κ3) is 4.30. The molecule has 0 aliphatic heterocycles. The van der Waals surface area contributed by atoms with Crippen molar-refractivity contribution in [3.8, 4) is 22.9 Å². The highest BCUT2D eigenvalue weighted by molar-refractivity contribution is 5.94. The molecule has 1 unspecified atom stereocenters.